The third-order valence-electron chi connectivity index (χ3n) is 17.7. The molecule has 13 aromatic rings. The second-order valence-electron chi connectivity index (χ2n) is 24.1. The number of hydrogen-bond acceptors (Lipinski definition) is 1. The highest BCUT2D eigenvalue weighted by atomic mass is 19.4. The van der Waals surface area contributed by atoms with Gasteiger partial charge in [0, 0.05) is 32.7 Å². The van der Waals surface area contributed by atoms with Crippen LogP contribution in [0.25, 0.3) is 122 Å². The Morgan fingerprint density at radius 1 is 0.286 bits per heavy atom. The first-order valence-corrected chi connectivity index (χ1v) is 29.8. The standard InChI is InChI=1S/C77H45F18N3/c1-39-11-19-53(41(3)27-39)43-13-23-64-58(32-43)60-35-46(56-22-18-50(73(81,82)83)37-63(56)77(93,94)95)16-25-65(60)97(64)68-9-5-7-47(38-96)70(68)71-57(48-30-51(74(84,85)86)36-52(31-48)75(87,88)89)8-6-10-69(71)98-66-24-14-44(54-21-17-49(29-42(54)4)72(78,79)80)33-59(66)61-34-45(15-26-67(61)98)55-20-12-40(2)28-62(55)76(90,91)92/h5-37H,1-4H3. The van der Waals surface area contributed by atoms with Crippen molar-refractivity contribution >= 4 is 43.6 Å². The van der Waals surface area contributed by atoms with Gasteiger partial charge in [-0.3, -0.25) is 0 Å². The molecule has 2 heterocycles. The molecule has 0 spiro atoms. The van der Waals surface area contributed by atoms with E-state index in [4.69, 9.17) is 0 Å². The minimum atomic E-state index is -5.40. The molecule has 0 saturated heterocycles. The molecule has 0 fully saturated rings. The maximum atomic E-state index is 15.1. The number of aryl methyl sites for hydroxylation is 4. The Hall–Kier alpha value is -10.8. The van der Waals surface area contributed by atoms with Crippen LogP contribution in [0.5, 0.6) is 0 Å². The molecule has 0 radical (unpaired) electrons. The monoisotopic (exact) mass is 1350 g/mol. The van der Waals surface area contributed by atoms with Crippen molar-refractivity contribution in [2.75, 3.05) is 0 Å². The van der Waals surface area contributed by atoms with Crippen molar-refractivity contribution < 1.29 is 79.0 Å². The summed E-state index contributed by atoms with van der Waals surface area (Å²) >= 11 is 0. The van der Waals surface area contributed by atoms with Crippen molar-refractivity contribution in [3.8, 4) is 84.2 Å². The zero-order valence-electron chi connectivity index (χ0n) is 51.2. The quantitative estimate of drug-likeness (QED) is 0.140. The van der Waals surface area contributed by atoms with Gasteiger partial charge in [0.2, 0.25) is 0 Å². The fourth-order valence-electron chi connectivity index (χ4n) is 13.3. The zero-order valence-corrected chi connectivity index (χ0v) is 51.2. The summed E-state index contributed by atoms with van der Waals surface area (Å²) in [5, 5.41) is 12.4. The lowest BCUT2D eigenvalue weighted by Crippen LogP contribution is -2.12. The van der Waals surface area contributed by atoms with Gasteiger partial charge in [0.1, 0.15) is 0 Å². The van der Waals surface area contributed by atoms with E-state index in [1.54, 1.807) is 33.4 Å². The predicted molar refractivity (Wildman–Crippen MR) is 341 cm³/mol. The van der Waals surface area contributed by atoms with Crippen LogP contribution in [0.15, 0.2) is 200 Å². The van der Waals surface area contributed by atoms with Gasteiger partial charge in [0.25, 0.3) is 0 Å². The molecule has 11 aromatic carbocycles. The average molecular weight is 1350 g/mol. The van der Waals surface area contributed by atoms with Gasteiger partial charge in [0.05, 0.1) is 78.5 Å². The Bertz CT molecular complexity index is 5460. The van der Waals surface area contributed by atoms with Crippen LogP contribution in [-0.2, 0) is 37.1 Å². The number of rotatable bonds is 8. The Balaban J connectivity index is 1.17. The van der Waals surface area contributed by atoms with E-state index in [0.29, 0.717) is 51.9 Å². The van der Waals surface area contributed by atoms with Crippen molar-refractivity contribution in [3.63, 3.8) is 0 Å². The van der Waals surface area contributed by atoms with Crippen LogP contribution in [0.1, 0.15) is 61.2 Å². The number of fused-ring (bicyclic) bond motifs is 6. The van der Waals surface area contributed by atoms with Crippen LogP contribution < -0.4 is 0 Å². The van der Waals surface area contributed by atoms with E-state index in [1.807, 2.05) is 32.0 Å². The molecule has 0 atom stereocenters. The summed E-state index contributed by atoms with van der Waals surface area (Å²) in [5.74, 6) is 0. The van der Waals surface area contributed by atoms with Gasteiger partial charge in [-0.15, -0.1) is 0 Å². The van der Waals surface area contributed by atoms with Crippen molar-refractivity contribution in [2.24, 2.45) is 0 Å². The third-order valence-corrected chi connectivity index (χ3v) is 17.7. The highest BCUT2D eigenvalue weighted by molar-refractivity contribution is 6.15. The Morgan fingerprint density at radius 3 is 1.07 bits per heavy atom. The zero-order chi connectivity index (χ0) is 70.2. The van der Waals surface area contributed by atoms with Crippen LogP contribution in [-0.4, -0.2) is 9.13 Å². The van der Waals surface area contributed by atoms with Gasteiger partial charge in [-0.2, -0.15) is 84.3 Å². The molecule has 0 saturated carbocycles. The smallest absolute Gasteiger partial charge is 0.309 e. The van der Waals surface area contributed by atoms with E-state index < -0.39 is 81.6 Å². The molecule has 0 N–H and O–H groups in total. The molecular formula is C77H45F18N3. The Kier molecular flexibility index (Phi) is 15.6. The number of benzene rings is 11. The van der Waals surface area contributed by atoms with Gasteiger partial charge < -0.3 is 9.13 Å². The molecule has 98 heavy (non-hydrogen) atoms. The molecule has 13 rings (SSSR count). The molecule has 0 aliphatic rings. The molecule has 0 aliphatic heterocycles. The second kappa shape index (κ2) is 23.2. The molecule has 2 aromatic heterocycles. The maximum Gasteiger partial charge on any atom is 0.417 e. The topological polar surface area (TPSA) is 33.6 Å². The highest BCUT2D eigenvalue weighted by Crippen LogP contribution is 2.51. The fourth-order valence-corrected chi connectivity index (χ4v) is 13.3. The predicted octanol–water partition coefficient (Wildman–Crippen LogP) is 25.1. The number of hydrogen-bond donors (Lipinski definition) is 0. The van der Waals surface area contributed by atoms with E-state index >= 15 is 52.7 Å². The molecule has 21 heteroatoms. The molecule has 0 bridgehead atoms. The number of nitrogens with zero attached hydrogens (tertiary/aromatic N) is 3. The van der Waals surface area contributed by atoms with Gasteiger partial charge in [0.15, 0.2) is 0 Å². The molecular weight excluding hydrogens is 1310 g/mol. The first kappa shape index (κ1) is 65.9. The third kappa shape index (κ3) is 11.7. The second-order valence-corrected chi connectivity index (χ2v) is 24.1. The average Bonchev–Trinajstić information content (AvgIpc) is 1.47. The molecule has 0 unspecified atom stereocenters. The minimum Gasteiger partial charge on any atom is -0.309 e. The normalized spacial score (nSPS) is 12.8. The van der Waals surface area contributed by atoms with Gasteiger partial charge in [-0.05, 0) is 210 Å². The summed E-state index contributed by atoms with van der Waals surface area (Å²) in [4.78, 5) is 0. The van der Waals surface area contributed by atoms with E-state index in [9.17, 15) is 31.6 Å². The lowest BCUT2D eigenvalue weighted by atomic mass is 9.87. The van der Waals surface area contributed by atoms with Crippen LogP contribution in [0.3, 0.4) is 0 Å². The summed E-state index contributed by atoms with van der Waals surface area (Å²) in [5.41, 5.74) is -6.55. The molecule has 494 valence electrons. The lowest BCUT2D eigenvalue weighted by molar-refractivity contribution is -0.144. The van der Waals surface area contributed by atoms with Crippen molar-refractivity contribution in [1.29, 1.82) is 5.26 Å². The number of halogens is 18. The van der Waals surface area contributed by atoms with Crippen molar-refractivity contribution in [1.82, 2.24) is 9.13 Å². The minimum absolute atomic E-state index is 0.000433. The lowest BCUT2D eigenvalue weighted by Gasteiger charge is -2.23. The van der Waals surface area contributed by atoms with E-state index in [1.165, 1.54) is 117 Å². The van der Waals surface area contributed by atoms with Crippen LogP contribution in [0.2, 0.25) is 0 Å². The van der Waals surface area contributed by atoms with E-state index in [2.05, 4.69) is 6.07 Å². The summed E-state index contributed by atoms with van der Waals surface area (Å²) < 4.78 is 269. The van der Waals surface area contributed by atoms with Crippen LogP contribution in [0.4, 0.5) is 79.0 Å². The summed E-state index contributed by atoms with van der Waals surface area (Å²) in [6.45, 7) is 6.62. The first-order valence-electron chi connectivity index (χ1n) is 29.8. The number of nitriles is 1. The largest absolute Gasteiger partial charge is 0.417 e. The van der Waals surface area contributed by atoms with Crippen LogP contribution in [0, 0.1) is 39.0 Å². The number of aromatic nitrogens is 2. The highest BCUT2D eigenvalue weighted by Gasteiger charge is 2.41. The Morgan fingerprint density at radius 2 is 0.653 bits per heavy atom. The van der Waals surface area contributed by atoms with Gasteiger partial charge in [-0.25, -0.2) is 0 Å². The summed E-state index contributed by atoms with van der Waals surface area (Å²) in [6, 6.07) is 42.9. The fraction of sp³-hybridized carbons (Fsp3) is 0.130. The molecule has 3 nitrogen and oxygen atoms in total. The Labute approximate surface area is 545 Å². The van der Waals surface area contributed by atoms with Crippen molar-refractivity contribution in [3.05, 3.63) is 261 Å². The number of alkyl halides is 18. The van der Waals surface area contributed by atoms with Gasteiger partial charge in [-0.1, -0.05) is 96.1 Å². The van der Waals surface area contributed by atoms with Crippen LogP contribution >= 0.6 is 0 Å². The van der Waals surface area contributed by atoms with Crippen molar-refractivity contribution in [2.45, 2.75) is 64.8 Å². The summed E-state index contributed by atoms with van der Waals surface area (Å²) in [7, 11) is 0. The van der Waals surface area contributed by atoms with E-state index in [-0.39, 0.29) is 112 Å². The summed E-state index contributed by atoms with van der Waals surface area (Å²) in [6.07, 6.45) is -30.9. The molecule has 0 aliphatic carbocycles. The molecule has 0 amide bonds. The first-order chi connectivity index (χ1) is 46.0. The van der Waals surface area contributed by atoms with E-state index in [0.717, 1.165) is 29.3 Å². The van der Waals surface area contributed by atoms with Gasteiger partial charge >= 0.3 is 37.1 Å². The SMILES string of the molecule is Cc1ccc(-c2ccc3c(c2)c2cc(-c4ccc(C(F)(F)F)cc4C(F)(F)F)ccc2n3-c2cccc(C#N)c2-c2c(-c3cc(C(F)(F)F)cc(C(F)(F)F)c3)cccc2-n2c3ccc(-c4ccc(C(F)(F)F)cc4C)cc3c3cc(-c4ccc(C)cc4C(F)(F)F)ccc32)c(C)c1. The maximum absolute atomic E-state index is 15.1.